The number of nitrogens with zero attached hydrogens (tertiary/aromatic N) is 1. The van der Waals surface area contributed by atoms with Crippen LogP contribution in [-0.2, 0) is 14.0 Å². The second kappa shape index (κ2) is 8.77. The minimum atomic E-state index is -2.79. The number of carbonyl (C=O) groups excluding carboxylic acids is 2. The summed E-state index contributed by atoms with van der Waals surface area (Å²) in [6.07, 6.45) is -2.33. The van der Waals surface area contributed by atoms with Gasteiger partial charge in [0, 0.05) is 0 Å². The fourth-order valence-corrected chi connectivity index (χ4v) is 5.94. The van der Waals surface area contributed by atoms with Crippen LogP contribution >= 0.6 is 0 Å². The number of imide groups is 1. The Morgan fingerprint density at radius 1 is 1.27 bits per heavy atom. The molecule has 1 heterocycles. The molecule has 1 aromatic rings. The topological polar surface area (TPSA) is 55.8 Å². The first-order valence-electron chi connectivity index (χ1n) is 12.2. The molecule has 2 amide bonds. The average Bonchev–Trinajstić information content (AvgIpc) is 2.86. The van der Waals surface area contributed by atoms with Crippen molar-refractivity contribution in [3.05, 3.63) is 30.3 Å². The third-order valence-corrected chi connectivity index (χ3v) is 12.2. The van der Waals surface area contributed by atoms with Gasteiger partial charge in [0.1, 0.15) is 0 Å². The van der Waals surface area contributed by atoms with Crippen molar-refractivity contribution in [1.82, 2.24) is 4.90 Å². The van der Waals surface area contributed by atoms with Crippen molar-refractivity contribution < 1.29 is 24.2 Å². The van der Waals surface area contributed by atoms with E-state index in [0.29, 0.717) is 4.46 Å². The molecule has 0 aromatic heterocycles. The van der Waals surface area contributed by atoms with Gasteiger partial charge in [-0.25, -0.2) is 0 Å². The Morgan fingerprint density at radius 2 is 1.87 bits per heavy atom. The second-order valence-electron chi connectivity index (χ2n) is 10.1. The number of likely N-dealkylation sites (tertiary alicyclic amines) is 1. The van der Waals surface area contributed by atoms with Crippen molar-refractivity contribution in [1.29, 1.82) is 0 Å². The first kappa shape index (κ1) is 19.5. The van der Waals surface area contributed by atoms with E-state index in [1.807, 2.05) is 13.1 Å². The minimum absolute atomic E-state index is 0.0989. The van der Waals surface area contributed by atoms with Crippen LogP contribution in [0.5, 0.6) is 0 Å². The molecule has 1 aliphatic rings. The summed E-state index contributed by atoms with van der Waals surface area (Å²) in [6.45, 7) is 12.4. The predicted octanol–water partition coefficient (Wildman–Crippen LogP) is 4.75. The average molecular weight is 503 g/mol. The molecule has 0 spiro atoms. The second-order valence-corrected chi connectivity index (χ2v) is 17.7. The van der Waals surface area contributed by atoms with Crippen molar-refractivity contribution >= 4 is 39.7 Å². The quantitative estimate of drug-likeness (QED) is 0.546. The number of ether oxygens (including phenoxy) is 1. The van der Waals surface area contributed by atoms with Crippen LogP contribution in [0.15, 0.2) is 30.3 Å². The third-order valence-electron chi connectivity index (χ3n) is 5.33. The van der Waals surface area contributed by atoms with Gasteiger partial charge < -0.3 is 0 Å². The van der Waals surface area contributed by atoms with Gasteiger partial charge in [0.2, 0.25) is 0 Å². The molecular formula is C23H37NO4SeSi. The van der Waals surface area contributed by atoms with Crippen molar-refractivity contribution in [2.45, 2.75) is 88.9 Å². The monoisotopic (exact) mass is 503 g/mol. The molecule has 5 nitrogen and oxygen atoms in total. The van der Waals surface area contributed by atoms with Crippen LogP contribution in [0.3, 0.4) is 0 Å². The molecule has 0 saturated carbocycles. The fourth-order valence-electron chi connectivity index (χ4n) is 2.66. The van der Waals surface area contributed by atoms with Gasteiger partial charge in [0.25, 0.3) is 0 Å². The number of benzene rings is 1. The van der Waals surface area contributed by atoms with Crippen molar-refractivity contribution in [3.8, 4) is 0 Å². The van der Waals surface area contributed by atoms with Crippen LogP contribution in [0.25, 0.3) is 0 Å². The predicted molar refractivity (Wildman–Crippen MR) is 125 cm³/mol. The Kier molecular flexibility index (Phi) is 5.71. The van der Waals surface area contributed by atoms with E-state index in [0.717, 1.165) is 4.90 Å². The molecule has 168 valence electrons. The number of hydrogen-bond donors (Lipinski definition) is 0. The zero-order valence-electron chi connectivity index (χ0n) is 23.2. The van der Waals surface area contributed by atoms with Crippen LogP contribution < -0.4 is 4.46 Å². The summed E-state index contributed by atoms with van der Waals surface area (Å²) in [5, 5.41) is -0.140. The molecule has 3 atom stereocenters. The van der Waals surface area contributed by atoms with Gasteiger partial charge in [-0.1, -0.05) is 0 Å². The van der Waals surface area contributed by atoms with Gasteiger partial charge in [-0.15, -0.1) is 0 Å². The molecule has 1 unspecified atom stereocenters. The molecule has 1 aliphatic heterocycles. The van der Waals surface area contributed by atoms with Crippen LogP contribution in [0.1, 0.15) is 60.3 Å². The van der Waals surface area contributed by atoms with Gasteiger partial charge >= 0.3 is 195 Å². The molecule has 0 radical (unpaired) electrons. The molecule has 1 aromatic carbocycles. The summed E-state index contributed by atoms with van der Waals surface area (Å²) in [7, 11) is -2.31. The van der Waals surface area contributed by atoms with E-state index in [9.17, 15) is 9.59 Å². The number of amides is 2. The molecule has 1 saturated heterocycles. The number of carbonyl (C=O) groups is 2. The Balaban J connectivity index is 2.58. The maximum atomic E-state index is 13.9. The van der Waals surface area contributed by atoms with E-state index < -0.39 is 64.5 Å². The van der Waals surface area contributed by atoms with Crippen LogP contribution in [-0.4, -0.2) is 58.4 Å². The Labute approximate surface area is 194 Å². The van der Waals surface area contributed by atoms with E-state index >= 15 is 0 Å². The van der Waals surface area contributed by atoms with Gasteiger partial charge in [0.05, 0.1) is 0 Å². The van der Waals surface area contributed by atoms with Crippen molar-refractivity contribution in [2.75, 3.05) is 6.61 Å². The summed E-state index contributed by atoms with van der Waals surface area (Å²) in [5.41, 5.74) is -0.893. The first-order valence-corrected chi connectivity index (χ1v) is 14.7. The standard InChI is InChI=1S/C23H37NO4SeSi/c1-21(2,3)28-20(26)24-17(16-27-30(8,9)22(4,5)6)15-23(7,19(24)25)29-18-13-11-10-12-14-18/h10-14,17H,15-16H2,1-9H3/t17-,23-/m0/s1/i7+0D3,15D/t15?,17-,23-. The van der Waals surface area contributed by atoms with E-state index in [1.54, 1.807) is 51.1 Å². The summed E-state index contributed by atoms with van der Waals surface area (Å²) < 4.78 is 44.5. The van der Waals surface area contributed by atoms with E-state index in [2.05, 4.69) is 20.8 Å². The Morgan fingerprint density at radius 3 is 2.37 bits per heavy atom. The van der Waals surface area contributed by atoms with Crippen LogP contribution in [0.4, 0.5) is 4.79 Å². The van der Waals surface area contributed by atoms with Gasteiger partial charge in [-0.3, -0.25) is 0 Å². The normalized spacial score (nSPS) is 27.9. The molecule has 2 rings (SSSR count). The molecule has 0 aliphatic carbocycles. The summed E-state index contributed by atoms with van der Waals surface area (Å²) >= 11 is -0.936. The molecule has 30 heavy (non-hydrogen) atoms. The third kappa shape index (κ3) is 5.97. The number of hydrogen-bond acceptors (Lipinski definition) is 4. The molecule has 0 N–H and O–H groups in total. The Hall–Kier alpha value is -1.14. The summed E-state index contributed by atoms with van der Waals surface area (Å²) in [5.74, 6) is -0.880. The summed E-state index contributed by atoms with van der Waals surface area (Å²) in [4.78, 5) is 27.9. The van der Waals surface area contributed by atoms with Gasteiger partial charge in [0.15, 0.2) is 0 Å². The molecule has 7 heteroatoms. The molecule has 0 bridgehead atoms. The zero-order valence-corrected chi connectivity index (χ0v) is 22.0. The van der Waals surface area contributed by atoms with E-state index in [-0.39, 0.29) is 11.6 Å². The Bertz CT molecular complexity index is 899. The summed E-state index contributed by atoms with van der Waals surface area (Å²) in [6, 6.07) is 7.79. The van der Waals surface area contributed by atoms with Gasteiger partial charge in [-0.05, 0) is 0 Å². The van der Waals surface area contributed by atoms with E-state index in [1.165, 1.54) is 0 Å². The fraction of sp³-hybridized carbons (Fsp3) is 0.652. The zero-order chi connectivity index (χ0) is 26.3. The first-order chi connectivity index (χ1) is 15.2. The maximum absolute atomic E-state index is 13.9. The molecule has 1 fully saturated rings. The van der Waals surface area contributed by atoms with Crippen LogP contribution in [0.2, 0.25) is 22.4 Å². The molecular weight excluding hydrogens is 461 g/mol. The van der Waals surface area contributed by atoms with Crippen molar-refractivity contribution in [3.63, 3.8) is 0 Å². The van der Waals surface area contributed by atoms with E-state index in [4.69, 9.17) is 14.6 Å². The van der Waals surface area contributed by atoms with Gasteiger partial charge in [-0.2, -0.15) is 0 Å². The number of rotatable bonds is 5. The SMILES string of the molecule is [2H]C1[C@@H](CO[Si](C)(C)C(C)(C)C)N(C(=O)OC(C)(C)C)C(=O)[C@]1([Se]c1ccccc1)[12C]([2H])([2H])[2H]. The van der Waals surface area contributed by atoms with Crippen LogP contribution in [0, 0.1) is 0 Å². The van der Waals surface area contributed by atoms with Crippen molar-refractivity contribution in [2.24, 2.45) is 0 Å².